The van der Waals surface area contributed by atoms with Crippen LogP contribution in [0, 0.1) is 0 Å². The van der Waals surface area contributed by atoms with Gasteiger partial charge in [0, 0.05) is 0 Å². The van der Waals surface area contributed by atoms with Crippen LogP contribution in [0.3, 0.4) is 0 Å². The number of hydrogen-bond acceptors (Lipinski definition) is 0. The van der Waals surface area contributed by atoms with Gasteiger partial charge in [0.1, 0.15) is 0 Å². The van der Waals surface area contributed by atoms with Crippen LogP contribution < -0.4 is 0 Å². The normalized spacial score (nSPS) is 15.2. The topological polar surface area (TPSA) is 0 Å². The second kappa shape index (κ2) is 1.23. The van der Waals surface area contributed by atoms with Gasteiger partial charge in [0.2, 0.25) is 0 Å². The fourth-order valence-electron chi connectivity index (χ4n) is 0. The molecule has 0 nitrogen and oxygen atoms in total. The molecule has 0 aliphatic heterocycles. The molecule has 0 rings (SSSR count). The van der Waals surface area contributed by atoms with Gasteiger partial charge in [0.15, 0.2) is 0 Å². The fraction of sp³-hybridized carbons (Fsp3) is 0. The second-order valence-electron chi connectivity index (χ2n) is 0.271. The Balaban J connectivity index is 3.02. The Morgan fingerprint density at radius 1 is 0.800 bits per heavy atom. The Morgan fingerprint density at radius 3 is 0.800 bits per heavy atom. The first-order valence-corrected chi connectivity index (χ1v) is 2.83. The van der Waals surface area contributed by atoms with Crippen LogP contribution in [-0.2, 0) is 17.6 Å². The van der Waals surface area contributed by atoms with E-state index >= 15 is 0 Å². The summed E-state index contributed by atoms with van der Waals surface area (Å²) in [5, 5.41) is 0. The van der Waals surface area contributed by atoms with Crippen LogP contribution >= 0.6 is 0 Å². The fourth-order valence-corrected chi connectivity index (χ4v) is 0. The maximum atomic E-state index is 9.84. The van der Waals surface area contributed by atoms with Gasteiger partial charge in [-0.25, -0.2) is 0 Å². The Bertz CT molecular complexity index is 19.1. The molecule has 0 spiro atoms. The summed E-state index contributed by atoms with van der Waals surface area (Å²) in [6.45, 7) is 0. The molecule has 0 aromatic carbocycles. The maximum absolute atomic E-state index is 9.84. The van der Waals surface area contributed by atoms with Gasteiger partial charge in [-0.15, -0.1) is 0 Å². The summed E-state index contributed by atoms with van der Waals surface area (Å²) in [7, 11) is 0. The van der Waals surface area contributed by atoms with Gasteiger partial charge < -0.3 is 0 Å². The van der Waals surface area contributed by atoms with Crippen molar-refractivity contribution in [3.63, 3.8) is 0 Å². The third-order valence-corrected chi connectivity index (χ3v) is 0. The minimum atomic E-state index is -6.70. The van der Waals surface area contributed by atoms with Crippen molar-refractivity contribution in [2.45, 2.75) is 0 Å². The third-order valence-electron chi connectivity index (χ3n) is 0. The molecule has 0 atom stereocenters. The van der Waals surface area contributed by atoms with E-state index in [1.165, 1.54) is 0 Å². The summed E-state index contributed by atoms with van der Waals surface area (Å²) in [5.41, 5.74) is 0. The Hall–Kier alpha value is 0.382. The Labute approximate surface area is 31.3 Å². The molecule has 0 bridgehead atoms. The minimum absolute atomic E-state index is 6.70. The van der Waals surface area contributed by atoms with Crippen molar-refractivity contribution in [2.24, 2.45) is 0 Å². The molecule has 0 aromatic heterocycles. The van der Waals surface area contributed by atoms with Crippen LogP contribution in [0.5, 0.6) is 0 Å². The quantitative estimate of drug-likeness (QED) is 0.395. The van der Waals surface area contributed by atoms with Gasteiger partial charge in [-0.1, -0.05) is 0 Å². The van der Waals surface area contributed by atoms with E-state index in [0.29, 0.717) is 0 Å². The Morgan fingerprint density at radius 2 is 0.800 bits per heavy atom. The molecule has 0 saturated heterocycles. The SMILES string of the molecule is [F][Pd-2]([F])([F])[F]. The van der Waals surface area contributed by atoms with Crippen LogP contribution in [0.2, 0.25) is 0 Å². The molecule has 5 heavy (non-hydrogen) atoms. The molecule has 0 heterocycles. The summed E-state index contributed by atoms with van der Waals surface area (Å²) in [6, 6.07) is 0. The molecule has 0 unspecified atom stereocenters. The van der Waals surface area contributed by atoms with E-state index < -0.39 is 17.6 Å². The van der Waals surface area contributed by atoms with Gasteiger partial charge in [0.25, 0.3) is 0 Å². The van der Waals surface area contributed by atoms with Gasteiger partial charge in [-0.3, -0.25) is 0 Å². The van der Waals surface area contributed by atoms with E-state index in [-0.39, 0.29) is 0 Å². The van der Waals surface area contributed by atoms with Gasteiger partial charge in [-0.2, -0.15) is 0 Å². The first-order chi connectivity index (χ1) is 2.00. The van der Waals surface area contributed by atoms with E-state index in [1.807, 2.05) is 0 Å². The van der Waals surface area contributed by atoms with Crippen molar-refractivity contribution in [3.8, 4) is 0 Å². The molecular weight excluding hydrogens is 182 g/mol. The molecule has 0 amide bonds. The van der Waals surface area contributed by atoms with Gasteiger partial charge >= 0.3 is 30.5 Å². The van der Waals surface area contributed by atoms with Crippen LogP contribution in [0.4, 0.5) is 12.9 Å². The molecule has 5 heteroatoms. The molecular formula is F4Pd-2. The van der Waals surface area contributed by atoms with Crippen molar-refractivity contribution in [1.29, 1.82) is 0 Å². The van der Waals surface area contributed by atoms with E-state index in [4.69, 9.17) is 0 Å². The first kappa shape index (κ1) is 5.38. The molecule has 0 radical (unpaired) electrons. The molecule has 0 fully saturated rings. The number of halogens is 4. The molecule has 0 aliphatic carbocycles. The molecule has 0 N–H and O–H groups in total. The van der Waals surface area contributed by atoms with E-state index in [9.17, 15) is 12.9 Å². The summed E-state index contributed by atoms with van der Waals surface area (Å²) in [4.78, 5) is 0. The third kappa shape index (κ3) is 170. The van der Waals surface area contributed by atoms with Crippen LogP contribution in [0.25, 0.3) is 0 Å². The van der Waals surface area contributed by atoms with Crippen LogP contribution in [-0.4, -0.2) is 0 Å². The van der Waals surface area contributed by atoms with Gasteiger partial charge in [-0.05, 0) is 0 Å². The molecule has 0 saturated carbocycles. The predicted molar refractivity (Wildman–Crippen MR) is 4.43 cm³/mol. The zero-order valence-corrected chi connectivity index (χ0v) is 3.38. The number of rotatable bonds is 0. The molecule has 40 valence electrons. The monoisotopic (exact) mass is 182 g/mol. The van der Waals surface area contributed by atoms with Gasteiger partial charge in [0.05, 0.1) is 0 Å². The molecule has 0 aromatic rings. The second-order valence-corrected chi connectivity index (χ2v) is 1.60. The van der Waals surface area contributed by atoms with Crippen LogP contribution in [0.15, 0.2) is 0 Å². The van der Waals surface area contributed by atoms with Crippen molar-refractivity contribution in [1.82, 2.24) is 0 Å². The van der Waals surface area contributed by atoms with E-state index in [2.05, 4.69) is 0 Å². The average molecular weight is 182 g/mol. The van der Waals surface area contributed by atoms with Crippen molar-refractivity contribution < 1.29 is 30.5 Å². The standard InChI is InChI=1S/4FH.Pd/h4*1H;/q;;;;+2/p-4. The first-order valence-electron chi connectivity index (χ1n) is 0.478. The zero-order chi connectivity index (χ0) is 4.50. The van der Waals surface area contributed by atoms with Crippen molar-refractivity contribution in [3.05, 3.63) is 0 Å². The van der Waals surface area contributed by atoms with Crippen molar-refractivity contribution >= 4 is 0 Å². The summed E-state index contributed by atoms with van der Waals surface area (Å²) < 4.78 is 39.4. The summed E-state index contributed by atoms with van der Waals surface area (Å²) in [6.07, 6.45) is 0. The zero-order valence-electron chi connectivity index (χ0n) is 1.83. The van der Waals surface area contributed by atoms with Crippen LogP contribution in [0.1, 0.15) is 0 Å². The van der Waals surface area contributed by atoms with E-state index in [1.54, 1.807) is 0 Å². The number of hydrogen-bond donors (Lipinski definition) is 0. The van der Waals surface area contributed by atoms with Crippen molar-refractivity contribution in [2.75, 3.05) is 0 Å². The summed E-state index contributed by atoms with van der Waals surface area (Å²) in [5.74, 6) is 0. The summed E-state index contributed by atoms with van der Waals surface area (Å²) >= 11 is -6.70. The predicted octanol–water partition coefficient (Wildman–Crippen LogP) is 1.68. The molecule has 0 aliphatic rings. The average Bonchev–Trinajstić information content (AvgIpc) is 0.722. The Kier molecular flexibility index (Phi) is 1.32. The van der Waals surface area contributed by atoms with E-state index in [0.717, 1.165) is 0 Å².